The molecular formula is C10H10ClFN6S. The van der Waals surface area contributed by atoms with E-state index in [-0.39, 0.29) is 18.1 Å². The lowest BCUT2D eigenvalue weighted by Gasteiger charge is -2.03. The van der Waals surface area contributed by atoms with E-state index in [1.54, 1.807) is 14.0 Å². The second kappa shape index (κ2) is 4.71. The van der Waals surface area contributed by atoms with Crippen LogP contribution in [0.3, 0.4) is 0 Å². The maximum Gasteiger partial charge on any atom is 0.181 e. The summed E-state index contributed by atoms with van der Waals surface area (Å²) in [5.74, 6) is -0.435. The minimum Gasteiger partial charge on any atom is -0.375 e. The van der Waals surface area contributed by atoms with Crippen molar-refractivity contribution >= 4 is 39.1 Å². The standard InChI is InChI=1S/C10H9FN6S.ClH/c1-4-8(17(2)16-15-4)7-6(11)9-5(3-13-7)14-10(12)18-9;/h3H,1-2H3,(H2,12,14);1H. The Morgan fingerprint density at radius 3 is 2.79 bits per heavy atom. The molecule has 0 aromatic carbocycles. The van der Waals surface area contributed by atoms with Gasteiger partial charge >= 0.3 is 0 Å². The third-order valence-electron chi connectivity index (χ3n) is 2.61. The van der Waals surface area contributed by atoms with E-state index < -0.39 is 5.82 Å². The number of pyridine rings is 1. The average Bonchev–Trinajstić information content (AvgIpc) is 2.85. The van der Waals surface area contributed by atoms with Gasteiger partial charge in [0.25, 0.3) is 0 Å². The number of aryl methyl sites for hydroxylation is 2. The van der Waals surface area contributed by atoms with Crippen molar-refractivity contribution in [3.05, 3.63) is 17.7 Å². The lowest BCUT2D eigenvalue weighted by Crippen LogP contribution is -1.99. The highest BCUT2D eigenvalue weighted by molar-refractivity contribution is 7.22. The van der Waals surface area contributed by atoms with Crippen molar-refractivity contribution in [2.45, 2.75) is 6.92 Å². The van der Waals surface area contributed by atoms with Gasteiger partial charge in [-0.25, -0.2) is 19.0 Å². The van der Waals surface area contributed by atoms with Crippen LogP contribution >= 0.6 is 23.7 Å². The van der Waals surface area contributed by atoms with Crippen molar-refractivity contribution in [2.75, 3.05) is 5.73 Å². The average molecular weight is 301 g/mol. The summed E-state index contributed by atoms with van der Waals surface area (Å²) < 4.78 is 16.3. The number of anilines is 1. The van der Waals surface area contributed by atoms with Crippen molar-refractivity contribution in [1.29, 1.82) is 0 Å². The molecule has 3 rings (SSSR count). The molecule has 100 valence electrons. The molecule has 0 amide bonds. The number of thiazole rings is 1. The van der Waals surface area contributed by atoms with E-state index in [2.05, 4.69) is 20.3 Å². The van der Waals surface area contributed by atoms with Crippen LogP contribution in [0.25, 0.3) is 21.6 Å². The number of hydrogen-bond acceptors (Lipinski definition) is 6. The summed E-state index contributed by atoms with van der Waals surface area (Å²) >= 11 is 1.10. The normalized spacial score (nSPS) is 10.7. The first kappa shape index (κ1) is 13.6. The third-order valence-corrected chi connectivity index (χ3v) is 3.51. The van der Waals surface area contributed by atoms with Crippen LogP contribution in [0, 0.1) is 12.7 Å². The summed E-state index contributed by atoms with van der Waals surface area (Å²) in [6.45, 7) is 1.76. The zero-order chi connectivity index (χ0) is 12.9. The van der Waals surface area contributed by atoms with E-state index in [1.807, 2.05) is 0 Å². The topological polar surface area (TPSA) is 82.5 Å². The number of nitrogens with two attached hydrogens (primary N) is 1. The van der Waals surface area contributed by atoms with Gasteiger partial charge in [0.05, 0.1) is 16.6 Å². The Labute approximate surface area is 117 Å². The number of halogens is 2. The summed E-state index contributed by atoms with van der Waals surface area (Å²) in [5, 5.41) is 8.05. The highest BCUT2D eigenvalue weighted by atomic mass is 35.5. The summed E-state index contributed by atoms with van der Waals surface area (Å²) in [6.07, 6.45) is 1.51. The highest BCUT2D eigenvalue weighted by Gasteiger charge is 2.19. The molecule has 0 aliphatic rings. The molecule has 0 aliphatic heterocycles. The van der Waals surface area contributed by atoms with Crippen molar-refractivity contribution in [3.8, 4) is 11.4 Å². The third kappa shape index (κ3) is 2.02. The Bertz CT molecular complexity index is 732. The zero-order valence-corrected chi connectivity index (χ0v) is 11.7. The van der Waals surface area contributed by atoms with Gasteiger partial charge in [0.15, 0.2) is 10.9 Å². The molecule has 2 N–H and O–H groups in total. The highest BCUT2D eigenvalue weighted by Crippen LogP contribution is 2.31. The number of nitrogen functional groups attached to an aromatic ring is 1. The first-order chi connectivity index (χ1) is 8.58. The van der Waals surface area contributed by atoms with Crippen molar-refractivity contribution in [1.82, 2.24) is 25.0 Å². The monoisotopic (exact) mass is 300 g/mol. The predicted molar refractivity (Wildman–Crippen MR) is 73.8 cm³/mol. The second-order valence-electron chi connectivity index (χ2n) is 3.83. The summed E-state index contributed by atoms with van der Waals surface area (Å²) in [6, 6.07) is 0. The van der Waals surface area contributed by atoms with E-state index in [0.29, 0.717) is 26.7 Å². The molecule has 0 atom stereocenters. The van der Waals surface area contributed by atoms with Crippen molar-refractivity contribution < 1.29 is 4.39 Å². The van der Waals surface area contributed by atoms with Crippen LogP contribution in [-0.4, -0.2) is 25.0 Å². The van der Waals surface area contributed by atoms with Gasteiger partial charge in [0.1, 0.15) is 16.9 Å². The maximum atomic E-state index is 14.4. The van der Waals surface area contributed by atoms with Crippen molar-refractivity contribution in [3.63, 3.8) is 0 Å². The minimum atomic E-state index is -0.435. The number of rotatable bonds is 1. The summed E-state index contributed by atoms with van der Waals surface area (Å²) in [4.78, 5) is 8.09. The van der Waals surface area contributed by atoms with Crippen LogP contribution < -0.4 is 5.73 Å². The van der Waals surface area contributed by atoms with Gasteiger partial charge < -0.3 is 5.73 Å². The lowest BCUT2D eigenvalue weighted by molar-refractivity contribution is 0.634. The van der Waals surface area contributed by atoms with Gasteiger partial charge in [-0.15, -0.1) is 17.5 Å². The van der Waals surface area contributed by atoms with Crippen LogP contribution in [0.1, 0.15) is 5.69 Å². The molecule has 9 heteroatoms. The molecule has 0 fully saturated rings. The fraction of sp³-hybridized carbons (Fsp3) is 0.200. The summed E-state index contributed by atoms with van der Waals surface area (Å²) in [7, 11) is 1.70. The Balaban J connectivity index is 0.00000133. The number of aromatic nitrogens is 5. The summed E-state index contributed by atoms with van der Waals surface area (Å²) in [5.41, 5.74) is 7.44. The van der Waals surface area contributed by atoms with Gasteiger partial charge in [-0.3, -0.25) is 0 Å². The fourth-order valence-electron chi connectivity index (χ4n) is 1.83. The van der Waals surface area contributed by atoms with Crippen LogP contribution in [0.2, 0.25) is 0 Å². The number of fused-ring (bicyclic) bond motifs is 1. The molecule has 0 saturated heterocycles. The largest absolute Gasteiger partial charge is 0.375 e. The Morgan fingerprint density at radius 2 is 2.16 bits per heavy atom. The number of nitrogens with zero attached hydrogens (tertiary/aromatic N) is 5. The Kier molecular flexibility index (Phi) is 3.38. The first-order valence-corrected chi connectivity index (χ1v) is 5.96. The van der Waals surface area contributed by atoms with Gasteiger partial charge in [-0.1, -0.05) is 16.6 Å². The van der Waals surface area contributed by atoms with Gasteiger partial charge in [0.2, 0.25) is 0 Å². The van der Waals surface area contributed by atoms with Crippen LogP contribution in [0.4, 0.5) is 9.52 Å². The molecule has 0 unspecified atom stereocenters. The van der Waals surface area contributed by atoms with Crippen LogP contribution in [0.15, 0.2) is 6.20 Å². The maximum absolute atomic E-state index is 14.4. The SMILES string of the molecule is Cc1nnn(C)c1-c1ncc2nc(N)sc2c1F.Cl. The van der Waals surface area contributed by atoms with E-state index in [4.69, 9.17) is 5.73 Å². The molecule has 0 saturated carbocycles. The van der Waals surface area contributed by atoms with E-state index in [9.17, 15) is 4.39 Å². The molecule has 0 radical (unpaired) electrons. The van der Waals surface area contributed by atoms with Gasteiger partial charge in [-0.2, -0.15) is 0 Å². The number of hydrogen-bond donors (Lipinski definition) is 1. The molecular weight excluding hydrogens is 291 g/mol. The zero-order valence-electron chi connectivity index (χ0n) is 10.1. The molecule has 3 aromatic rings. The van der Waals surface area contributed by atoms with E-state index >= 15 is 0 Å². The fourth-order valence-corrected chi connectivity index (χ4v) is 2.58. The Hall–Kier alpha value is -1.80. The molecule has 3 heterocycles. The molecule has 19 heavy (non-hydrogen) atoms. The van der Waals surface area contributed by atoms with Crippen molar-refractivity contribution in [2.24, 2.45) is 7.05 Å². The molecule has 0 bridgehead atoms. The van der Waals surface area contributed by atoms with E-state index in [1.165, 1.54) is 10.9 Å². The van der Waals surface area contributed by atoms with E-state index in [0.717, 1.165) is 11.3 Å². The van der Waals surface area contributed by atoms with Crippen LogP contribution in [0.5, 0.6) is 0 Å². The first-order valence-electron chi connectivity index (χ1n) is 5.15. The smallest absolute Gasteiger partial charge is 0.181 e. The quantitative estimate of drug-likeness (QED) is 0.742. The predicted octanol–water partition coefficient (Wildman–Crippen LogP) is 1.94. The molecule has 6 nitrogen and oxygen atoms in total. The molecule has 3 aromatic heterocycles. The Morgan fingerprint density at radius 1 is 1.42 bits per heavy atom. The van der Waals surface area contributed by atoms with Gasteiger partial charge in [-0.05, 0) is 6.92 Å². The second-order valence-corrected chi connectivity index (χ2v) is 4.86. The minimum absolute atomic E-state index is 0. The molecule has 0 spiro atoms. The lowest BCUT2D eigenvalue weighted by atomic mass is 10.2. The molecule has 0 aliphatic carbocycles. The van der Waals surface area contributed by atoms with Gasteiger partial charge in [0, 0.05) is 7.05 Å². The van der Waals surface area contributed by atoms with Crippen LogP contribution in [-0.2, 0) is 7.05 Å².